The summed E-state index contributed by atoms with van der Waals surface area (Å²) in [4.78, 5) is 13.9. The van der Waals surface area contributed by atoms with Gasteiger partial charge in [-0.1, -0.05) is 12.1 Å². The van der Waals surface area contributed by atoms with E-state index in [-0.39, 0.29) is 24.7 Å². The smallest absolute Gasteiger partial charge is 0.228 e. The molecule has 0 saturated heterocycles. The van der Waals surface area contributed by atoms with Crippen LogP contribution in [-0.2, 0) is 11.2 Å². The molecule has 0 aliphatic heterocycles. The van der Waals surface area contributed by atoms with E-state index < -0.39 is 0 Å². The van der Waals surface area contributed by atoms with Gasteiger partial charge in [-0.25, -0.2) is 0 Å². The first-order chi connectivity index (χ1) is 10.6. The summed E-state index contributed by atoms with van der Waals surface area (Å²) in [6, 6.07) is 14.0. The minimum atomic E-state index is -0.109. The van der Waals surface area contributed by atoms with Gasteiger partial charge in [-0.3, -0.25) is 4.79 Å². The predicted octanol–water partition coefficient (Wildman–Crippen LogP) is 2.00. The first kappa shape index (κ1) is 15.9. The number of phenols is 1. The van der Waals surface area contributed by atoms with Crippen LogP contribution in [0, 0.1) is 0 Å². The van der Waals surface area contributed by atoms with Crippen molar-refractivity contribution in [3.63, 3.8) is 0 Å². The lowest BCUT2D eigenvalue weighted by molar-refractivity contribution is -0.115. The summed E-state index contributed by atoms with van der Waals surface area (Å²) in [7, 11) is 1.90. The Kier molecular flexibility index (Phi) is 5.38. The molecule has 2 aromatic carbocycles. The summed E-state index contributed by atoms with van der Waals surface area (Å²) in [5.74, 6) is 0.0777. The molecule has 22 heavy (non-hydrogen) atoms. The lowest BCUT2D eigenvalue weighted by atomic mass is 10.1. The van der Waals surface area contributed by atoms with Gasteiger partial charge in [-0.2, -0.15) is 0 Å². The van der Waals surface area contributed by atoms with E-state index in [0.717, 1.165) is 16.9 Å². The third kappa shape index (κ3) is 4.49. The van der Waals surface area contributed by atoms with Crippen LogP contribution >= 0.6 is 0 Å². The van der Waals surface area contributed by atoms with Crippen molar-refractivity contribution in [3.8, 4) is 5.75 Å². The zero-order valence-corrected chi connectivity index (χ0v) is 12.5. The standard InChI is InChI=1S/C17H20N2O3/c1-19(10-11-20)15-6-4-14(5-7-15)18-17(22)12-13-2-8-16(21)9-3-13/h2-9,20-21H,10-12H2,1H3,(H,18,22). The van der Waals surface area contributed by atoms with E-state index in [2.05, 4.69) is 5.32 Å². The van der Waals surface area contributed by atoms with E-state index >= 15 is 0 Å². The number of aromatic hydroxyl groups is 1. The molecule has 0 radical (unpaired) electrons. The molecule has 1 amide bonds. The summed E-state index contributed by atoms with van der Waals surface area (Å²) < 4.78 is 0. The summed E-state index contributed by atoms with van der Waals surface area (Å²) in [6.45, 7) is 0.661. The van der Waals surface area contributed by atoms with Crippen molar-refractivity contribution < 1.29 is 15.0 Å². The third-order valence-corrected chi connectivity index (χ3v) is 3.33. The summed E-state index contributed by atoms with van der Waals surface area (Å²) in [5, 5.41) is 21.0. The van der Waals surface area contributed by atoms with E-state index in [4.69, 9.17) is 5.11 Å². The predicted molar refractivity (Wildman–Crippen MR) is 87.2 cm³/mol. The number of aliphatic hydroxyl groups is 1. The zero-order chi connectivity index (χ0) is 15.9. The number of rotatable bonds is 6. The van der Waals surface area contributed by atoms with E-state index in [9.17, 15) is 9.90 Å². The maximum atomic E-state index is 12.0. The third-order valence-electron chi connectivity index (χ3n) is 3.33. The molecule has 0 aliphatic rings. The number of carbonyl (C=O) groups is 1. The maximum Gasteiger partial charge on any atom is 0.228 e. The number of likely N-dealkylation sites (N-methyl/N-ethyl adjacent to an activating group) is 1. The highest BCUT2D eigenvalue weighted by Gasteiger charge is 2.05. The average Bonchev–Trinajstić information content (AvgIpc) is 2.50. The number of amides is 1. The fourth-order valence-electron chi connectivity index (χ4n) is 2.08. The van der Waals surface area contributed by atoms with Crippen molar-refractivity contribution in [3.05, 3.63) is 54.1 Å². The molecule has 0 aliphatic carbocycles. The Bertz CT molecular complexity index is 609. The van der Waals surface area contributed by atoms with Crippen molar-refractivity contribution in [1.82, 2.24) is 0 Å². The van der Waals surface area contributed by atoms with Crippen molar-refractivity contribution in [1.29, 1.82) is 0 Å². The first-order valence-corrected chi connectivity index (χ1v) is 7.08. The molecule has 0 spiro atoms. The van der Waals surface area contributed by atoms with E-state index in [0.29, 0.717) is 6.54 Å². The molecule has 0 fully saturated rings. The highest BCUT2D eigenvalue weighted by atomic mass is 16.3. The summed E-state index contributed by atoms with van der Waals surface area (Å²) >= 11 is 0. The van der Waals surface area contributed by atoms with Crippen LogP contribution < -0.4 is 10.2 Å². The number of nitrogens with zero attached hydrogens (tertiary/aromatic N) is 1. The molecule has 3 N–H and O–H groups in total. The Balaban J connectivity index is 1.92. The van der Waals surface area contributed by atoms with Gasteiger partial charge in [0.15, 0.2) is 0 Å². The Morgan fingerprint density at radius 3 is 2.32 bits per heavy atom. The Morgan fingerprint density at radius 2 is 1.73 bits per heavy atom. The fourth-order valence-corrected chi connectivity index (χ4v) is 2.08. The van der Waals surface area contributed by atoms with Crippen LogP contribution in [0.3, 0.4) is 0 Å². The van der Waals surface area contributed by atoms with E-state index in [1.165, 1.54) is 0 Å². The van der Waals surface area contributed by atoms with Crippen molar-refractivity contribution in [2.24, 2.45) is 0 Å². The van der Waals surface area contributed by atoms with Crippen LogP contribution in [0.5, 0.6) is 5.75 Å². The maximum absolute atomic E-state index is 12.0. The second-order valence-corrected chi connectivity index (χ2v) is 5.08. The molecule has 0 saturated carbocycles. The molecule has 0 heterocycles. The van der Waals surface area contributed by atoms with Crippen LogP contribution in [0.25, 0.3) is 0 Å². The number of carbonyl (C=O) groups excluding carboxylic acids is 1. The summed E-state index contributed by atoms with van der Waals surface area (Å²) in [6.07, 6.45) is 0.256. The molecular formula is C17H20N2O3. The van der Waals surface area contributed by atoms with Crippen LogP contribution in [0.4, 0.5) is 11.4 Å². The van der Waals surface area contributed by atoms with Crippen molar-refractivity contribution in [2.75, 3.05) is 30.4 Å². The fraction of sp³-hybridized carbons (Fsp3) is 0.235. The number of anilines is 2. The van der Waals surface area contributed by atoms with Gasteiger partial charge in [0.2, 0.25) is 5.91 Å². The molecule has 116 valence electrons. The number of nitrogens with one attached hydrogen (secondary N) is 1. The largest absolute Gasteiger partial charge is 0.508 e. The second kappa shape index (κ2) is 7.47. The van der Waals surface area contributed by atoms with Gasteiger partial charge >= 0.3 is 0 Å². The van der Waals surface area contributed by atoms with E-state index in [1.54, 1.807) is 24.3 Å². The molecule has 5 heteroatoms. The first-order valence-electron chi connectivity index (χ1n) is 7.08. The number of hydrogen-bond acceptors (Lipinski definition) is 4. The number of aliphatic hydroxyl groups excluding tert-OH is 1. The molecular weight excluding hydrogens is 280 g/mol. The average molecular weight is 300 g/mol. The van der Waals surface area contributed by atoms with Gasteiger partial charge in [0.25, 0.3) is 0 Å². The number of hydrogen-bond donors (Lipinski definition) is 3. The van der Waals surface area contributed by atoms with E-state index in [1.807, 2.05) is 36.2 Å². The van der Waals surface area contributed by atoms with Gasteiger partial charge in [0, 0.05) is 25.0 Å². The molecule has 5 nitrogen and oxygen atoms in total. The van der Waals surface area contributed by atoms with Gasteiger partial charge < -0.3 is 20.4 Å². The Hall–Kier alpha value is -2.53. The normalized spacial score (nSPS) is 10.3. The van der Waals surface area contributed by atoms with Crippen molar-refractivity contribution in [2.45, 2.75) is 6.42 Å². The molecule has 0 unspecified atom stereocenters. The molecule has 2 rings (SSSR count). The SMILES string of the molecule is CN(CCO)c1ccc(NC(=O)Cc2ccc(O)cc2)cc1. The lowest BCUT2D eigenvalue weighted by Crippen LogP contribution is -2.21. The molecule has 0 aromatic heterocycles. The zero-order valence-electron chi connectivity index (χ0n) is 12.5. The topological polar surface area (TPSA) is 72.8 Å². The van der Waals surface area contributed by atoms with Crippen molar-refractivity contribution >= 4 is 17.3 Å². The quantitative estimate of drug-likeness (QED) is 0.763. The Labute approximate surface area is 129 Å². The van der Waals surface area contributed by atoms with Crippen LogP contribution in [0.15, 0.2) is 48.5 Å². The van der Waals surface area contributed by atoms with Gasteiger partial charge in [0.05, 0.1) is 13.0 Å². The van der Waals surface area contributed by atoms with Crippen LogP contribution in [0.1, 0.15) is 5.56 Å². The Morgan fingerprint density at radius 1 is 1.09 bits per heavy atom. The minimum Gasteiger partial charge on any atom is -0.508 e. The van der Waals surface area contributed by atoms with Gasteiger partial charge in [0.1, 0.15) is 5.75 Å². The van der Waals surface area contributed by atoms with Crippen LogP contribution in [-0.4, -0.2) is 36.3 Å². The minimum absolute atomic E-state index is 0.0988. The second-order valence-electron chi connectivity index (χ2n) is 5.08. The van der Waals surface area contributed by atoms with Gasteiger partial charge in [-0.15, -0.1) is 0 Å². The molecule has 0 atom stereocenters. The monoisotopic (exact) mass is 300 g/mol. The highest BCUT2D eigenvalue weighted by Crippen LogP contribution is 2.17. The summed E-state index contributed by atoms with van der Waals surface area (Å²) in [5.41, 5.74) is 2.55. The molecule has 0 bridgehead atoms. The number of phenolic OH excluding ortho intramolecular Hbond substituents is 1. The van der Waals surface area contributed by atoms with Crippen LogP contribution in [0.2, 0.25) is 0 Å². The number of benzene rings is 2. The highest BCUT2D eigenvalue weighted by molar-refractivity contribution is 5.92. The molecule has 2 aromatic rings. The lowest BCUT2D eigenvalue weighted by Gasteiger charge is -2.18. The van der Waals surface area contributed by atoms with Gasteiger partial charge in [-0.05, 0) is 42.0 Å².